The number of fused-ring (bicyclic) bond motifs is 1. The summed E-state index contributed by atoms with van der Waals surface area (Å²) in [5.41, 5.74) is 2.28. The first kappa shape index (κ1) is 21.2. The Hall–Kier alpha value is -4.07. The van der Waals surface area contributed by atoms with Gasteiger partial charge in [-0.05, 0) is 41.5 Å². The molecule has 0 fully saturated rings. The molecule has 1 aliphatic heterocycles. The summed E-state index contributed by atoms with van der Waals surface area (Å²) in [6.07, 6.45) is -0.0283. The Labute approximate surface area is 182 Å². The number of esters is 1. The van der Waals surface area contributed by atoms with Crippen LogP contribution in [0.3, 0.4) is 0 Å². The fourth-order valence-electron chi connectivity index (χ4n) is 3.43. The molecule has 0 radical (unpaired) electrons. The van der Waals surface area contributed by atoms with Crippen molar-refractivity contribution in [1.82, 2.24) is 5.32 Å². The number of halogens is 2. The Balaban J connectivity index is 1.41. The number of ether oxygens (including phenoxy) is 1. The number of amides is 2. The third-order valence-corrected chi connectivity index (χ3v) is 5.03. The largest absolute Gasteiger partial charge is 0.454 e. The molecule has 2 N–H and O–H groups in total. The number of carbonyl (C=O) groups is 3. The van der Waals surface area contributed by atoms with E-state index in [1.165, 1.54) is 18.2 Å². The standard InChI is InChI=1S/C24H18F2N2O4/c25-19-9-7-17(12-20(19)26)28-22(29)13-27-23(30)15-6-8-18-16(10-15)11-21(32-24(18)31)14-4-2-1-3-5-14/h1-10,12,21H,11,13H2,(H,27,30)(H,28,29)/t21-/m1/s1. The second-order valence-corrected chi connectivity index (χ2v) is 7.24. The van der Waals surface area contributed by atoms with Gasteiger partial charge in [0.1, 0.15) is 6.10 Å². The molecule has 32 heavy (non-hydrogen) atoms. The fraction of sp³-hybridized carbons (Fsp3) is 0.125. The average molecular weight is 436 g/mol. The van der Waals surface area contributed by atoms with E-state index in [0.29, 0.717) is 17.5 Å². The van der Waals surface area contributed by atoms with Gasteiger partial charge in [0.25, 0.3) is 5.91 Å². The molecule has 1 aliphatic rings. The molecule has 3 aromatic rings. The Kier molecular flexibility index (Phi) is 5.93. The van der Waals surface area contributed by atoms with E-state index >= 15 is 0 Å². The minimum atomic E-state index is -1.09. The lowest BCUT2D eigenvalue weighted by Gasteiger charge is -2.25. The van der Waals surface area contributed by atoms with Crippen LogP contribution in [0.15, 0.2) is 66.7 Å². The van der Waals surface area contributed by atoms with Gasteiger partial charge in [0, 0.05) is 23.7 Å². The van der Waals surface area contributed by atoms with E-state index in [2.05, 4.69) is 10.6 Å². The summed E-state index contributed by atoms with van der Waals surface area (Å²) in [6.45, 7) is -0.371. The number of hydrogen-bond acceptors (Lipinski definition) is 4. The second-order valence-electron chi connectivity index (χ2n) is 7.24. The van der Waals surface area contributed by atoms with Crippen LogP contribution >= 0.6 is 0 Å². The quantitative estimate of drug-likeness (QED) is 0.596. The lowest BCUT2D eigenvalue weighted by atomic mass is 9.93. The van der Waals surface area contributed by atoms with Gasteiger partial charge in [0.15, 0.2) is 11.6 Å². The van der Waals surface area contributed by atoms with E-state index in [9.17, 15) is 23.2 Å². The van der Waals surface area contributed by atoms with E-state index in [4.69, 9.17) is 4.74 Å². The maximum Gasteiger partial charge on any atom is 0.339 e. The van der Waals surface area contributed by atoms with Crippen molar-refractivity contribution in [1.29, 1.82) is 0 Å². The smallest absolute Gasteiger partial charge is 0.339 e. The van der Waals surface area contributed by atoms with E-state index in [-0.39, 0.29) is 17.8 Å². The molecule has 0 unspecified atom stereocenters. The van der Waals surface area contributed by atoms with Gasteiger partial charge in [0.2, 0.25) is 5.91 Å². The van der Waals surface area contributed by atoms with Crippen LogP contribution in [0.25, 0.3) is 0 Å². The molecule has 3 aromatic carbocycles. The van der Waals surface area contributed by atoms with E-state index in [0.717, 1.165) is 17.7 Å². The predicted octanol–water partition coefficient (Wildman–Crippen LogP) is 3.79. The summed E-state index contributed by atoms with van der Waals surface area (Å²) in [4.78, 5) is 36.9. The van der Waals surface area contributed by atoms with Crippen LogP contribution in [-0.2, 0) is 16.0 Å². The monoisotopic (exact) mass is 436 g/mol. The Bertz CT molecular complexity index is 1200. The second kappa shape index (κ2) is 8.97. The third kappa shape index (κ3) is 4.64. The molecule has 0 saturated carbocycles. The summed E-state index contributed by atoms with van der Waals surface area (Å²) >= 11 is 0. The van der Waals surface area contributed by atoms with Gasteiger partial charge < -0.3 is 15.4 Å². The molecular formula is C24H18F2N2O4. The van der Waals surface area contributed by atoms with Crippen LogP contribution in [0.5, 0.6) is 0 Å². The number of hydrogen-bond donors (Lipinski definition) is 2. The van der Waals surface area contributed by atoms with Gasteiger partial charge in [-0.1, -0.05) is 30.3 Å². The summed E-state index contributed by atoms with van der Waals surface area (Å²) < 4.78 is 31.7. The van der Waals surface area contributed by atoms with Crippen molar-refractivity contribution in [3.8, 4) is 0 Å². The van der Waals surface area contributed by atoms with Crippen molar-refractivity contribution in [2.24, 2.45) is 0 Å². The Morgan fingerprint density at radius 2 is 1.75 bits per heavy atom. The summed E-state index contributed by atoms with van der Waals surface area (Å²) in [5, 5.41) is 4.85. The molecule has 162 valence electrons. The van der Waals surface area contributed by atoms with E-state index in [1.54, 1.807) is 6.07 Å². The molecule has 1 heterocycles. The van der Waals surface area contributed by atoms with Gasteiger partial charge in [0.05, 0.1) is 12.1 Å². The summed E-state index contributed by atoms with van der Waals surface area (Å²) in [7, 11) is 0. The zero-order valence-electron chi connectivity index (χ0n) is 16.7. The first-order chi connectivity index (χ1) is 15.4. The zero-order chi connectivity index (χ0) is 22.7. The molecule has 0 saturated heterocycles. The van der Waals surface area contributed by atoms with Crippen molar-refractivity contribution in [2.45, 2.75) is 12.5 Å². The van der Waals surface area contributed by atoms with Crippen molar-refractivity contribution in [3.63, 3.8) is 0 Å². The zero-order valence-corrected chi connectivity index (χ0v) is 16.7. The SMILES string of the molecule is O=C(CNC(=O)c1ccc2c(c1)C[C@H](c1ccccc1)OC2=O)Nc1ccc(F)c(F)c1. The first-order valence-corrected chi connectivity index (χ1v) is 9.82. The molecular weight excluding hydrogens is 418 g/mol. The lowest BCUT2D eigenvalue weighted by Crippen LogP contribution is -2.33. The number of anilines is 1. The number of nitrogens with one attached hydrogen (secondary N) is 2. The van der Waals surface area contributed by atoms with Crippen molar-refractivity contribution >= 4 is 23.5 Å². The van der Waals surface area contributed by atoms with Gasteiger partial charge >= 0.3 is 5.97 Å². The number of benzene rings is 3. The molecule has 0 aromatic heterocycles. The normalized spacial score (nSPS) is 14.8. The Morgan fingerprint density at radius 1 is 0.969 bits per heavy atom. The number of carbonyl (C=O) groups excluding carboxylic acids is 3. The van der Waals surface area contributed by atoms with Crippen molar-refractivity contribution in [3.05, 3.63) is 101 Å². The van der Waals surface area contributed by atoms with Gasteiger partial charge in [-0.15, -0.1) is 0 Å². The Morgan fingerprint density at radius 3 is 2.50 bits per heavy atom. The highest BCUT2D eigenvalue weighted by Gasteiger charge is 2.28. The summed E-state index contributed by atoms with van der Waals surface area (Å²) in [6, 6.07) is 16.9. The minimum Gasteiger partial charge on any atom is -0.454 e. The molecule has 0 bridgehead atoms. The molecule has 1 atom stereocenters. The van der Waals surface area contributed by atoms with Crippen molar-refractivity contribution < 1.29 is 27.9 Å². The molecule has 4 rings (SSSR count). The maximum atomic E-state index is 13.2. The topological polar surface area (TPSA) is 84.5 Å². The highest BCUT2D eigenvalue weighted by atomic mass is 19.2. The maximum absolute atomic E-state index is 13.2. The van der Waals surface area contributed by atoms with E-state index < -0.39 is 35.5 Å². The summed E-state index contributed by atoms with van der Waals surface area (Å²) in [5.74, 6) is -3.69. The number of rotatable bonds is 5. The van der Waals surface area contributed by atoms with Crippen molar-refractivity contribution in [2.75, 3.05) is 11.9 Å². The number of cyclic esters (lactones) is 1. The van der Waals surface area contributed by atoms with Gasteiger partial charge in [-0.25, -0.2) is 13.6 Å². The third-order valence-electron chi connectivity index (χ3n) is 5.03. The van der Waals surface area contributed by atoms with Crippen LogP contribution in [0.4, 0.5) is 14.5 Å². The van der Waals surface area contributed by atoms with Crippen LogP contribution in [-0.4, -0.2) is 24.3 Å². The first-order valence-electron chi connectivity index (χ1n) is 9.82. The van der Waals surface area contributed by atoms with Crippen LogP contribution in [0, 0.1) is 11.6 Å². The van der Waals surface area contributed by atoms with Gasteiger partial charge in [-0.2, -0.15) is 0 Å². The van der Waals surface area contributed by atoms with E-state index in [1.807, 2.05) is 30.3 Å². The minimum absolute atomic E-state index is 0.0717. The molecule has 0 aliphatic carbocycles. The van der Waals surface area contributed by atoms with Crippen LogP contribution < -0.4 is 10.6 Å². The van der Waals surface area contributed by atoms with Crippen LogP contribution in [0.1, 0.15) is 37.9 Å². The molecule has 0 spiro atoms. The van der Waals surface area contributed by atoms with Crippen LogP contribution in [0.2, 0.25) is 0 Å². The highest BCUT2D eigenvalue weighted by Crippen LogP contribution is 2.31. The predicted molar refractivity (Wildman–Crippen MR) is 112 cm³/mol. The molecule has 2 amide bonds. The highest BCUT2D eigenvalue weighted by molar-refractivity contribution is 6.00. The molecule has 8 heteroatoms. The average Bonchev–Trinajstić information content (AvgIpc) is 2.80. The van der Waals surface area contributed by atoms with Gasteiger partial charge in [-0.3, -0.25) is 9.59 Å². The fourth-order valence-corrected chi connectivity index (χ4v) is 3.43. The lowest BCUT2D eigenvalue weighted by molar-refractivity contribution is -0.115. The molecule has 6 nitrogen and oxygen atoms in total.